The van der Waals surface area contributed by atoms with Crippen LogP contribution in [0.15, 0.2) is 48.5 Å². The van der Waals surface area contributed by atoms with E-state index >= 15 is 0 Å². The van der Waals surface area contributed by atoms with E-state index < -0.39 is 11.9 Å². The summed E-state index contributed by atoms with van der Waals surface area (Å²) in [6.45, 7) is 0. The minimum Gasteiger partial charge on any atom is -0.550 e. The maximum Gasteiger partial charge on any atom is 0.0455 e. The van der Waals surface area contributed by atoms with Crippen molar-refractivity contribution in [3.05, 3.63) is 70.8 Å². The van der Waals surface area contributed by atoms with Crippen LogP contribution < -0.4 is 5.11 Å². The number of carboxylic acids is 1. The molecule has 19 heavy (non-hydrogen) atoms. The molecule has 5 rings (SSSR count). The summed E-state index contributed by atoms with van der Waals surface area (Å²) in [5.41, 5.74) is 4.94. The zero-order chi connectivity index (χ0) is 13.0. The summed E-state index contributed by atoms with van der Waals surface area (Å²) in [6.07, 6.45) is 0.668. The van der Waals surface area contributed by atoms with Crippen LogP contribution in [0, 0.1) is 5.92 Å². The zero-order valence-corrected chi connectivity index (χ0v) is 10.4. The van der Waals surface area contributed by atoms with Gasteiger partial charge < -0.3 is 9.90 Å². The van der Waals surface area contributed by atoms with Crippen LogP contribution in [0.1, 0.15) is 40.5 Å². The van der Waals surface area contributed by atoms with Crippen LogP contribution in [0.4, 0.5) is 0 Å². The number of carboxylic acid groups (broad SMARTS) is 1. The van der Waals surface area contributed by atoms with Crippen molar-refractivity contribution in [3.8, 4) is 0 Å². The maximum absolute atomic E-state index is 11.5. The molecule has 2 heteroatoms. The van der Waals surface area contributed by atoms with Gasteiger partial charge in [-0.15, -0.1) is 0 Å². The van der Waals surface area contributed by atoms with Gasteiger partial charge in [0.25, 0.3) is 0 Å². The molecule has 2 aromatic rings. The molecule has 0 saturated carbocycles. The summed E-state index contributed by atoms with van der Waals surface area (Å²) < 4.78 is 0. The van der Waals surface area contributed by atoms with Crippen LogP contribution in [-0.4, -0.2) is 5.97 Å². The highest BCUT2D eigenvalue weighted by atomic mass is 16.4. The molecule has 0 aromatic heterocycles. The molecule has 2 aromatic carbocycles. The molecule has 0 amide bonds. The molecular formula is C17H13O2-. The topological polar surface area (TPSA) is 40.1 Å². The van der Waals surface area contributed by atoms with Gasteiger partial charge in [-0.3, -0.25) is 0 Å². The normalized spacial score (nSPS) is 26.6. The van der Waals surface area contributed by atoms with E-state index in [1.807, 2.05) is 24.3 Å². The van der Waals surface area contributed by atoms with E-state index in [2.05, 4.69) is 24.3 Å². The van der Waals surface area contributed by atoms with Crippen LogP contribution >= 0.6 is 0 Å². The van der Waals surface area contributed by atoms with Crippen molar-refractivity contribution in [2.75, 3.05) is 0 Å². The Bertz CT molecular complexity index is 627. The third-order valence-electron chi connectivity index (χ3n) is 4.61. The van der Waals surface area contributed by atoms with Gasteiger partial charge in [0, 0.05) is 23.7 Å². The van der Waals surface area contributed by atoms with Gasteiger partial charge in [0.2, 0.25) is 0 Å². The van der Waals surface area contributed by atoms with Crippen LogP contribution in [0.3, 0.4) is 0 Å². The van der Waals surface area contributed by atoms with Crippen LogP contribution in [0.25, 0.3) is 0 Å². The molecule has 0 N–H and O–H groups in total. The van der Waals surface area contributed by atoms with E-state index in [-0.39, 0.29) is 11.8 Å². The standard InChI is InChI=1S/C17H14O2/c18-17(19)15-9-14-10-5-1-3-7-12(10)16(15)13-8-4-2-6-11(13)14/h1-8,14-16H,9H2,(H,18,19)/p-1. The number of fused-ring (bicyclic) bond motifs is 1. The summed E-state index contributed by atoms with van der Waals surface area (Å²) >= 11 is 0. The molecule has 1 unspecified atom stereocenters. The predicted molar refractivity (Wildman–Crippen MR) is 69.7 cm³/mol. The Morgan fingerprint density at radius 3 is 1.84 bits per heavy atom. The number of rotatable bonds is 1. The Morgan fingerprint density at radius 1 is 0.895 bits per heavy atom. The molecule has 0 heterocycles. The van der Waals surface area contributed by atoms with Gasteiger partial charge in [0.15, 0.2) is 0 Å². The van der Waals surface area contributed by atoms with E-state index in [4.69, 9.17) is 0 Å². The Morgan fingerprint density at radius 2 is 1.37 bits per heavy atom. The van der Waals surface area contributed by atoms with Gasteiger partial charge in [0.1, 0.15) is 0 Å². The Hall–Kier alpha value is -2.09. The minimum absolute atomic E-state index is 0.0394. The summed E-state index contributed by atoms with van der Waals surface area (Å²) in [4.78, 5) is 11.5. The lowest BCUT2D eigenvalue weighted by molar-refractivity contribution is -0.312. The maximum atomic E-state index is 11.5. The molecule has 2 bridgehead atoms. The van der Waals surface area contributed by atoms with Gasteiger partial charge in [-0.1, -0.05) is 48.5 Å². The molecule has 0 spiro atoms. The number of hydrogen-bond acceptors (Lipinski definition) is 2. The molecule has 3 aliphatic rings. The van der Waals surface area contributed by atoms with Crippen LogP contribution in [-0.2, 0) is 4.79 Å². The first kappa shape index (κ1) is 10.8. The van der Waals surface area contributed by atoms with Gasteiger partial charge >= 0.3 is 0 Å². The first-order valence-corrected chi connectivity index (χ1v) is 6.66. The minimum atomic E-state index is -0.918. The average Bonchev–Trinajstić information content (AvgIpc) is 2.47. The number of aliphatic carboxylic acids is 1. The third kappa shape index (κ3) is 1.34. The van der Waals surface area contributed by atoms with Crippen molar-refractivity contribution in [2.45, 2.75) is 18.3 Å². The monoisotopic (exact) mass is 249 g/mol. The molecule has 94 valence electrons. The van der Waals surface area contributed by atoms with E-state index in [9.17, 15) is 9.90 Å². The van der Waals surface area contributed by atoms with Gasteiger partial charge in [-0.2, -0.15) is 0 Å². The molecule has 3 aliphatic carbocycles. The van der Waals surface area contributed by atoms with Crippen molar-refractivity contribution in [1.29, 1.82) is 0 Å². The van der Waals surface area contributed by atoms with Crippen molar-refractivity contribution < 1.29 is 9.90 Å². The highest BCUT2D eigenvalue weighted by Gasteiger charge is 2.43. The second-order valence-electron chi connectivity index (χ2n) is 5.45. The zero-order valence-electron chi connectivity index (χ0n) is 10.4. The molecule has 0 fully saturated rings. The first-order chi connectivity index (χ1) is 9.27. The van der Waals surface area contributed by atoms with Crippen LogP contribution in [0.5, 0.6) is 0 Å². The largest absolute Gasteiger partial charge is 0.550 e. The van der Waals surface area contributed by atoms with Crippen molar-refractivity contribution >= 4 is 5.97 Å². The SMILES string of the molecule is O=C([O-])C1CC2c3ccccc3C1c1ccccc12. The third-order valence-corrected chi connectivity index (χ3v) is 4.61. The second-order valence-corrected chi connectivity index (χ2v) is 5.45. The Labute approximate surface area is 111 Å². The van der Waals surface area contributed by atoms with E-state index in [1.54, 1.807) is 0 Å². The fourth-order valence-electron chi connectivity index (χ4n) is 3.87. The van der Waals surface area contributed by atoms with Gasteiger partial charge in [-0.05, 0) is 28.7 Å². The van der Waals surface area contributed by atoms with Gasteiger partial charge in [0.05, 0.1) is 0 Å². The number of carbonyl (C=O) groups is 1. The molecular weight excluding hydrogens is 236 g/mol. The van der Waals surface area contributed by atoms with E-state index in [1.165, 1.54) is 22.3 Å². The molecule has 0 saturated heterocycles. The smallest absolute Gasteiger partial charge is 0.0455 e. The number of benzene rings is 2. The lowest BCUT2D eigenvalue weighted by atomic mass is 9.59. The predicted octanol–water partition coefficient (Wildman–Crippen LogP) is 2.03. The number of hydrogen-bond donors (Lipinski definition) is 0. The van der Waals surface area contributed by atoms with Crippen molar-refractivity contribution in [1.82, 2.24) is 0 Å². The molecule has 0 radical (unpaired) electrons. The summed E-state index contributed by atoms with van der Waals surface area (Å²) in [5, 5.41) is 11.5. The van der Waals surface area contributed by atoms with Crippen molar-refractivity contribution in [3.63, 3.8) is 0 Å². The highest BCUT2D eigenvalue weighted by molar-refractivity contribution is 5.74. The summed E-state index contributed by atoms with van der Waals surface area (Å²) in [7, 11) is 0. The average molecular weight is 249 g/mol. The molecule has 1 atom stereocenters. The van der Waals surface area contributed by atoms with Crippen LogP contribution in [0.2, 0.25) is 0 Å². The Kier molecular flexibility index (Phi) is 2.10. The fourth-order valence-corrected chi connectivity index (χ4v) is 3.87. The lowest BCUT2D eigenvalue weighted by Gasteiger charge is -2.45. The van der Waals surface area contributed by atoms with E-state index in [0.29, 0.717) is 6.42 Å². The van der Waals surface area contributed by atoms with Crippen molar-refractivity contribution in [2.24, 2.45) is 5.92 Å². The van der Waals surface area contributed by atoms with E-state index in [0.717, 1.165) is 0 Å². The first-order valence-electron chi connectivity index (χ1n) is 6.66. The quantitative estimate of drug-likeness (QED) is 0.776. The lowest BCUT2D eigenvalue weighted by Crippen LogP contribution is -2.42. The van der Waals surface area contributed by atoms with Gasteiger partial charge in [-0.25, -0.2) is 0 Å². The number of carbonyl (C=O) groups excluding carboxylic acids is 1. The fraction of sp³-hybridized carbons (Fsp3) is 0.235. The summed E-state index contributed by atoms with van der Waals surface area (Å²) in [6, 6.07) is 16.5. The highest BCUT2D eigenvalue weighted by Crippen LogP contribution is 2.54. The second kappa shape index (κ2) is 3.70. The summed E-state index contributed by atoms with van der Waals surface area (Å²) in [5.74, 6) is -1.14. The molecule has 2 nitrogen and oxygen atoms in total. The molecule has 0 aliphatic heterocycles. The Balaban J connectivity index is 2.01.